The smallest absolute Gasteiger partial charge is 0.308 e. The van der Waals surface area contributed by atoms with Crippen molar-refractivity contribution in [2.45, 2.75) is 26.2 Å². The number of hydrogen-bond acceptors (Lipinski definition) is 4. The average molecular weight is 302 g/mol. The fourth-order valence-electron chi connectivity index (χ4n) is 2.58. The first-order valence-electron chi connectivity index (χ1n) is 7.17. The van der Waals surface area contributed by atoms with Crippen molar-refractivity contribution in [3.63, 3.8) is 0 Å². The molecule has 5 heteroatoms. The Balaban J connectivity index is 1.99. The summed E-state index contributed by atoms with van der Waals surface area (Å²) in [5.41, 5.74) is 3.01. The van der Waals surface area contributed by atoms with E-state index in [9.17, 15) is 4.79 Å². The third-order valence-electron chi connectivity index (χ3n) is 3.70. The van der Waals surface area contributed by atoms with Crippen LogP contribution >= 0.6 is 11.3 Å². The minimum Gasteiger partial charge on any atom is -0.481 e. The molecule has 1 aliphatic heterocycles. The van der Waals surface area contributed by atoms with Crippen molar-refractivity contribution >= 4 is 22.4 Å². The Morgan fingerprint density at radius 1 is 1.29 bits per heavy atom. The third-order valence-corrected chi connectivity index (χ3v) is 4.82. The van der Waals surface area contributed by atoms with E-state index in [0.29, 0.717) is 0 Å². The molecule has 1 saturated heterocycles. The van der Waals surface area contributed by atoms with Crippen molar-refractivity contribution in [1.82, 2.24) is 4.98 Å². The van der Waals surface area contributed by atoms with Crippen LogP contribution < -0.4 is 4.90 Å². The number of aliphatic carboxylic acids is 1. The summed E-state index contributed by atoms with van der Waals surface area (Å²) in [6.45, 7) is 4.08. The summed E-state index contributed by atoms with van der Waals surface area (Å²) < 4.78 is 0. The summed E-state index contributed by atoms with van der Waals surface area (Å²) in [7, 11) is 0. The van der Waals surface area contributed by atoms with E-state index in [-0.39, 0.29) is 6.42 Å². The summed E-state index contributed by atoms with van der Waals surface area (Å²) in [6.07, 6.45) is 2.41. The van der Waals surface area contributed by atoms with Crippen LogP contribution in [0, 0.1) is 6.92 Å². The van der Waals surface area contributed by atoms with Gasteiger partial charge in [-0.1, -0.05) is 29.8 Å². The number of carbonyl (C=O) groups is 1. The first-order chi connectivity index (χ1) is 10.1. The monoisotopic (exact) mass is 302 g/mol. The van der Waals surface area contributed by atoms with Crippen molar-refractivity contribution in [2.75, 3.05) is 18.0 Å². The van der Waals surface area contributed by atoms with Crippen molar-refractivity contribution < 1.29 is 9.90 Å². The Morgan fingerprint density at radius 3 is 2.57 bits per heavy atom. The van der Waals surface area contributed by atoms with Crippen molar-refractivity contribution in [3.05, 3.63) is 34.7 Å². The number of hydrogen-bond donors (Lipinski definition) is 1. The molecule has 3 rings (SSSR count). The first-order valence-corrected chi connectivity index (χ1v) is 7.98. The lowest BCUT2D eigenvalue weighted by molar-refractivity contribution is -0.136. The lowest BCUT2D eigenvalue weighted by Gasteiger charge is -2.12. The highest BCUT2D eigenvalue weighted by Gasteiger charge is 2.21. The molecule has 0 bridgehead atoms. The topological polar surface area (TPSA) is 53.4 Å². The van der Waals surface area contributed by atoms with E-state index in [0.717, 1.165) is 34.4 Å². The molecule has 0 spiro atoms. The Kier molecular flexibility index (Phi) is 3.92. The summed E-state index contributed by atoms with van der Waals surface area (Å²) >= 11 is 1.52. The van der Waals surface area contributed by atoms with Gasteiger partial charge in [0.25, 0.3) is 0 Å². The molecule has 4 nitrogen and oxygen atoms in total. The standard InChI is InChI=1S/C16H18N2O2S/c1-11-4-6-12(7-5-11)15-13(10-14(19)20)21-16(17-15)18-8-2-3-9-18/h4-7H,2-3,8-10H2,1H3,(H,19,20). The highest BCUT2D eigenvalue weighted by molar-refractivity contribution is 7.16. The van der Waals surface area contributed by atoms with Gasteiger partial charge in [0.1, 0.15) is 0 Å². The summed E-state index contributed by atoms with van der Waals surface area (Å²) in [5.74, 6) is -0.806. The van der Waals surface area contributed by atoms with E-state index in [4.69, 9.17) is 10.1 Å². The molecule has 0 atom stereocenters. The molecule has 1 aromatic carbocycles. The third kappa shape index (κ3) is 3.08. The summed E-state index contributed by atoms with van der Waals surface area (Å²) in [6, 6.07) is 8.11. The number of anilines is 1. The maximum absolute atomic E-state index is 11.1. The molecular formula is C16H18N2O2S. The van der Waals surface area contributed by atoms with Crippen molar-refractivity contribution in [2.24, 2.45) is 0 Å². The molecule has 2 aromatic rings. The minimum atomic E-state index is -0.806. The molecule has 1 aromatic heterocycles. The lowest BCUT2D eigenvalue weighted by atomic mass is 10.1. The van der Waals surface area contributed by atoms with E-state index in [1.54, 1.807) is 0 Å². The first kappa shape index (κ1) is 14.1. The zero-order chi connectivity index (χ0) is 14.8. The van der Waals surface area contributed by atoms with Gasteiger partial charge in [-0.2, -0.15) is 0 Å². The second-order valence-corrected chi connectivity index (χ2v) is 6.46. The van der Waals surface area contributed by atoms with Gasteiger partial charge in [0, 0.05) is 23.5 Å². The molecule has 1 aliphatic rings. The number of carboxylic acid groups (broad SMARTS) is 1. The van der Waals surface area contributed by atoms with Crippen LogP contribution in [0.25, 0.3) is 11.3 Å². The van der Waals surface area contributed by atoms with Gasteiger partial charge in [-0.3, -0.25) is 4.79 Å². The fourth-order valence-corrected chi connectivity index (χ4v) is 3.70. The number of nitrogens with zero attached hydrogens (tertiary/aromatic N) is 2. The molecule has 0 radical (unpaired) electrons. The number of rotatable bonds is 4. The number of aromatic nitrogens is 1. The second-order valence-electron chi connectivity index (χ2n) is 5.40. The Bertz CT molecular complexity index is 643. The van der Waals surface area contributed by atoms with E-state index in [1.807, 2.05) is 31.2 Å². The van der Waals surface area contributed by atoms with Crippen LogP contribution in [0.3, 0.4) is 0 Å². The average Bonchev–Trinajstić information content (AvgIpc) is 3.08. The molecule has 0 saturated carbocycles. The van der Waals surface area contributed by atoms with E-state index >= 15 is 0 Å². The highest BCUT2D eigenvalue weighted by atomic mass is 32.1. The SMILES string of the molecule is Cc1ccc(-c2nc(N3CCCC3)sc2CC(=O)O)cc1. The molecule has 2 heterocycles. The fraction of sp³-hybridized carbons (Fsp3) is 0.375. The van der Waals surface area contributed by atoms with Crippen LogP contribution in [0.15, 0.2) is 24.3 Å². The molecular weight excluding hydrogens is 284 g/mol. The van der Waals surface area contributed by atoms with E-state index in [2.05, 4.69) is 4.90 Å². The Hall–Kier alpha value is -1.88. The largest absolute Gasteiger partial charge is 0.481 e. The van der Waals surface area contributed by atoms with Crippen molar-refractivity contribution in [3.8, 4) is 11.3 Å². The van der Waals surface area contributed by atoms with Gasteiger partial charge >= 0.3 is 5.97 Å². The number of thiazole rings is 1. The molecule has 110 valence electrons. The number of benzene rings is 1. The molecule has 21 heavy (non-hydrogen) atoms. The lowest BCUT2D eigenvalue weighted by Crippen LogP contribution is -2.17. The number of carboxylic acids is 1. The Labute approximate surface area is 128 Å². The van der Waals surface area contributed by atoms with Gasteiger partial charge in [0.15, 0.2) is 5.13 Å². The van der Waals surface area contributed by atoms with Crippen LogP contribution in [0.4, 0.5) is 5.13 Å². The van der Waals surface area contributed by atoms with Gasteiger partial charge in [-0.25, -0.2) is 4.98 Å². The zero-order valence-corrected chi connectivity index (χ0v) is 12.8. The van der Waals surface area contributed by atoms with Crippen LogP contribution in [-0.2, 0) is 11.2 Å². The predicted octanol–water partition coefficient (Wildman–Crippen LogP) is 3.35. The van der Waals surface area contributed by atoms with Gasteiger partial charge in [-0.15, -0.1) is 11.3 Å². The zero-order valence-electron chi connectivity index (χ0n) is 12.0. The minimum absolute atomic E-state index is 0.0364. The predicted molar refractivity (Wildman–Crippen MR) is 85.1 cm³/mol. The van der Waals surface area contributed by atoms with Gasteiger partial charge < -0.3 is 10.0 Å². The Morgan fingerprint density at radius 2 is 1.95 bits per heavy atom. The maximum Gasteiger partial charge on any atom is 0.308 e. The summed E-state index contributed by atoms with van der Waals surface area (Å²) in [4.78, 5) is 18.9. The van der Waals surface area contributed by atoms with Crippen LogP contribution in [0.5, 0.6) is 0 Å². The van der Waals surface area contributed by atoms with Crippen LogP contribution in [0.1, 0.15) is 23.3 Å². The molecule has 0 amide bonds. The van der Waals surface area contributed by atoms with Gasteiger partial charge in [0.2, 0.25) is 0 Å². The summed E-state index contributed by atoms with van der Waals surface area (Å²) in [5, 5.41) is 10.1. The molecule has 0 unspecified atom stereocenters. The van der Waals surface area contributed by atoms with Gasteiger partial charge in [-0.05, 0) is 19.8 Å². The molecule has 1 N–H and O–H groups in total. The normalized spacial score (nSPS) is 14.6. The quantitative estimate of drug-likeness (QED) is 0.941. The highest BCUT2D eigenvalue weighted by Crippen LogP contribution is 2.35. The van der Waals surface area contributed by atoms with Gasteiger partial charge in [0.05, 0.1) is 12.1 Å². The van der Waals surface area contributed by atoms with Crippen molar-refractivity contribution in [1.29, 1.82) is 0 Å². The molecule has 0 aliphatic carbocycles. The second kappa shape index (κ2) is 5.85. The molecule has 1 fully saturated rings. The van der Waals surface area contributed by atoms with E-state index in [1.165, 1.54) is 29.7 Å². The maximum atomic E-state index is 11.1. The van der Waals surface area contributed by atoms with Crippen LogP contribution in [0.2, 0.25) is 0 Å². The number of aryl methyl sites for hydroxylation is 1. The van der Waals surface area contributed by atoms with Crippen LogP contribution in [-0.4, -0.2) is 29.1 Å². The van der Waals surface area contributed by atoms with E-state index < -0.39 is 5.97 Å².